The second-order valence-corrected chi connectivity index (χ2v) is 6.35. The first-order valence-corrected chi connectivity index (χ1v) is 9.23. The fourth-order valence-corrected chi connectivity index (χ4v) is 3.12. The van der Waals surface area contributed by atoms with E-state index in [0.717, 1.165) is 36.7 Å². The van der Waals surface area contributed by atoms with Crippen LogP contribution in [0.2, 0.25) is 0 Å². The molecule has 2 aromatic rings. The number of aryl methyl sites for hydroxylation is 2. The number of methoxy groups -OCH3 is 1. The number of thiazole rings is 1. The topological polar surface area (TPSA) is 67.8 Å². The summed E-state index contributed by atoms with van der Waals surface area (Å²) in [7, 11) is 3.39. The van der Waals surface area contributed by atoms with Crippen molar-refractivity contribution in [1.29, 1.82) is 0 Å². The summed E-state index contributed by atoms with van der Waals surface area (Å²) in [6, 6.07) is 5.73. The zero-order chi connectivity index (χ0) is 18.1. The Morgan fingerprint density at radius 2 is 2.16 bits per heavy atom. The molecular formula is C18H26N4O2S. The third-order valence-electron chi connectivity index (χ3n) is 3.48. The van der Waals surface area contributed by atoms with Gasteiger partial charge in [0.25, 0.3) is 0 Å². The number of nitrogens with one attached hydrogen (secondary N) is 2. The molecule has 2 N–H and O–H groups in total. The second-order valence-electron chi connectivity index (χ2n) is 5.41. The molecule has 0 saturated heterocycles. The molecule has 1 aromatic heterocycles. The summed E-state index contributed by atoms with van der Waals surface area (Å²) in [6.07, 6.45) is 1.97. The van der Waals surface area contributed by atoms with E-state index in [1.54, 1.807) is 25.5 Å². The molecule has 6 nitrogen and oxygen atoms in total. The number of hydrogen-bond donors (Lipinski definition) is 2. The van der Waals surface area contributed by atoms with Gasteiger partial charge in [0.1, 0.15) is 0 Å². The second kappa shape index (κ2) is 9.88. The minimum absolute atomic E-state index is 0.586. The van der Waals surface area contributed by atoms with Crippen molar-refractivity contribution in [1.82, 2.24) is 10.3 Å². The van der Waals surface area contributed by atoms with Gasteiger partial charge in [0, 0.05) is 42.8 Å². The van der Waals surface area contributed by atoms with E-state index < -0.39 is 0 Å². The molecule has 0 aliphatic carbocycles. The Kier molecular flexibility index (Phi) is 7.53. The minimum Gasteiger partial charge on any atom is -0.493 e. The first-order valence-electron chi connectivity index (χ1n) is 8.35. The molecule has 0 fully saturated rings. The maximum atomic E-state index is 5.60. The monoisotopic (exact) mass is 362 g/mol. The maximum Gasteiger partial charge on any atom is 0.195 e. The van der Waals surface area contributed by atoms with Gasteiger partial charge in [-0.3, -0.25) is 4.99 Å². The first-order chi connectivity index (χ1) is 12.2. The lowest BCUT2D eigenvalue weighted by Crippen LogP contribution is -2.31. The van der Waals surface area contributed by atoms with E-state index in [0.29, 0.717) is 18.1 Å². The van der Waals surface area contributed by atoms with Crippen LogP contribution in [0.5, 0.6) is 11.5 Å². The molecule has 7 heteroatoms. The van der Waals surface area contributed by atoms with Gasteiger partial charge < -0.3 is 20.1 Å². The number of guanidine groups is 1. The molecule has 0 bridgehead atoms. The molecule has 0 aliphatic heterocycles. The van der Waals surface area contributed by atoms with Crippen LogP contribution in [-0.4, -0.2) is 38.3 Å². The van der Waals surface area contributed by atoms with Crippen LogP contribution in [0.1, 0.15) is 24.0 Å². The maximum absolute atomic E-state index is 5.60. The van der Waals surface area contributed by atoms with Crippen LogP contribution in [0, 0.1) is 6.92 Å². The largest absolute Gasteiger partial charge is 0.493 e. The van der Waals surface area contributed by atoms with Gasteiger partial charge in [-0.25, -0.2) is 4.98 Å². The van der Waals surface area contributed by atoms with E-state index in [-0.39, 0.29) is 0 Å². The number of aliphatic imine (C=N–C) groups is 1. The van der Waals surface area contributed by atoms with E-state index in [9.17, 15) is 0 Å². The van der Waals surface area contributed by atoms with Gasteiger partial charge >= 0.3 is 0 Å². The van der Waals surface area contributed by atoms with Crippen molar-refractivity contribution >= 4 is 23.0 Å². The highest BCUT2D eigenvalue weighted by atomic mass is 32.1. The fourth-order valence-electron chi connectivity index (χ4n) is 2.30. The third-order valence-corrected chi connectivity index (χ3v) is 4.50. The summed E-state index contributed by atoms with van der Waals surface area (Å²) in [5, 5.41) is 9.86. The SMILES string of the molecule is CCOc1cc(NC(=NC)NCCCc2nc(C)cs2)ccc1OC. The molecule has 136 valence electrons. The van der Waals surface area contributed by atoms with Crippen LogP contribution < -0.4 is 20.1 Å². The molecule has 25 heavy (non-hydrogen) atoms. The Morgan fingerprint density at radius 3 is 2.80 bits per heavy atom. The lowest BCUT2D eigenvalue weighted by molar-refractivity contribution is 0.311. The van der Waals surface area contributed by atoms with E-state index in [4.69, 9.17) is 9.47 Å². The van der Waals surface area contributed by atoms with Crippen LogP contribution in [0.4, 0.5) is 5.69 Å². The summed E-state index contributed by atoms with van der Waals surface area (Å²) in [5.41, 5.74) is 1.99. The van der Waals surface area contributed by atoms with Crippen molar-refractivity contribution < 1.29 is 9.47 Å². The van der Waals surface area contributed by atoms with Gasteiger partial charge in [0.15, 0.2) is 17.5 Å². The van der Waals surface area contributed by atoms with Crippen LogP contribution in [0.3, 0.4) is 0 Å². The van der Waals surface area contributed by atoms with Crippen LogP contribution in [0.25, 0.3) is 0 Å². The number of anilines is 1. The molecule has 1 aromatic carbocycles. The van der Waals surface area contributed by atoms with Gasteiger partial charge in [-0.15, -0.1) is 11.3 Å². The van der Waals surface area contributed by atoms with Gasteiger partial charge in [-0.1, -0.05) is 0 Å². The van der Waals surface area contributed by atoms with E-state index >= 15 is 0 Å². The molecule has 0 aliphatic rings. The minimum atomic E-state index is 0.586. The average molecular weight is 362 g/mol. The number of hydrogen-bond acceptors (Lipinski definition) is 5. The quantitative estimate of drug-likeness (QED) is 0.427. The van der Waals surface area contributed by atoms with Crippen LogP contribution >= 0.6 is 11.3 Å². The highest BCUT2D eigenvalue weighted by Crippen LogP contribution is 2.30. The molecule has 2 rings (SSSR count). The normalized spacial score (nSPS) is 11.3. The van der Waals surface area contributed by atoms with E-state index in [2.05, 4.69) is 26.0 Å². The summed E-state index contributed by atoms with van der Waals surface area (Å²) < 4.78 is 10.9. The number of ether oxygens (including phenoxy) is 2. The smallest absolute Gasteiger partial charge is 0.195 e. The first kappa shape index (κ1) is 19.1. The number of benzene rings is 1. The predicted octanol–water partition coefficient (Wildman–Crippen LogP) is 3.48. The lowest BCUT2D eigenvalue weighted by atomic mass is 10.2. The molecule has 0 unspecified atom stereocenters. The lowest BCUT2D eigenvalue weighted by Gasteiger charge is -2.14. The van der Waals surface area contributed by atoms with Gasteiger partial charge in [-0.2, -0.15) is 0 Å². The molecule has 0 spiro atoms. The average Bonchev–Trinajstić information content (AvgIpc) is 3.03. The fraction of sp³-hybridized carbons (Fsp3) is 0.444. The number of aromatic nitrogens is 1. The summed E-state index contributed by atoms with van der Waals surface area (Å²) in [6.45, 7) is 5.38. The zero-order valence-corrected chi connectivity index (χ0v) is 16.1. The van der Waals surface area contributed by atoms with Crippen molar-refractivity contribution in [3.8, 4) is 11.5 Å². The van der Waals surface area contributed by atoms with Crippen molar-refractivity contribution in [3.05, 3.63) is 34.3 Å². The number of nitrogens with zero attached hydrogens (tertiary/aromatic N) is 2. The van der Waals surface area contributed by atoms with Crippen molar-refractivity contribution in [2.45, 2.75) is 26.7 Å². The standard InChI is InChI=1S/C18H26N4O2S/c1-5-24-16-11-14(8-9-15(16)23-4)22-18(19-3)20-10-6-7-17-21-13(2)12-25-17/h8-9,11-12H,5-7,10H2,1-4H3,(H2,19,20,22). The van der Waals surface area contributed by atoms with E-state index in [1.807, 2.05) is 32.0 Å². The summed E-state index contributed by atoms with van der Waals surface area (Å²) >= 11 is 1.72. The number of rotatable bonds is 8. The molecule has 1 heterocycles. The Hall–Kier alpha value is -2.28. The Labute approximate surface area is 153 Å². The van der Waals surface area contributed by atoms with Crippen molar-refractivity contribution in [2.24, 2.45) is 4.99 Å². The summed E-state index contributed by atoms with van der Waals surface area (Å²) in [4.78, 5) is 8.74. The zero-order valence-electron chi connectivity index (χ0n) is 15.3. The highest BCUT2D eigenvalue weighted by molar-refractivity contribution is 7.09. The Morgan fingerprint density at radius 1 is 1.32 bits per heavy atom. The van der Waals surface area contributed by atoms with Crippen molar-refractivity contribution in [2.75, 3.05) is 32.6 Å². The molecule has 0 amide bonds. The molecule has 0 atom stereocenters. The van der Waals surface area contributed by atoms with Gasteiger partial charge in [-0.05, 0) is 32.4 Å². The third kappa shape index (κ3) is 5.94. The van der Waals surface area contributed by atoms with E-state index in [1.165, 1.54) is 5.01 Å². The van der Waals surface area contributed by atoms with Crippen molar-refractivity contribution in [3.63, 3.8) is 0 Å². The molecule has 0 radical (unpaired) electrons. The van der Waals surface area contributed by atoms with Gasteiger partial charge in [0.05, 0.1) is 18.7 Å². The Balaban J connectivity index is 1.85. The summed E-state index contributed by atoms with van der Waals surface area (Å²) in [5.74, 6) is 2.15. The predicted molar refractivity (Wildman–Crippen MR) is 104 cm³/mol. The Bertz CT molecular complexity index is 700. The van der Waals surface area contributed by atoms with Crippen LogP contribution in [0.15, 0.2) is 28.6 Å². The molecule has 0 saturated carbocycles. The highest BCUT2D eigenvalue weighted by Gasteiger charge is 2.07. The molecular weight excluding hydrogens is 336 g/mol. The van der Waals surface area contributed by atoms with Crippen LogP contribution in [-0.2, 0) is 6.42 Å². The van der Waals surface area contributed by atoms with Gasteiger partial charge in [0.2, 0.25) is 0 Å².